The van der Waals surface area contributed by atoms with E-state index in [9.17, 15) is 14.4 Å². The van der Waals surface area contributed by atoms with E-state index in [1.165, 1.54) is 4.90 Å². The number of benzene rings is 1. The first-order chi connectivity index (χ1) is 12.3. The highest BCUT2D eigenvalue weighted by Crippen LogP contribution is 2.21. The molecule has 0 fully saturated rings. The van der Waals surface area contributed by atoms with Crippen LogP contribution in [0.3, 0.4) is 0 Å². The molecule has 0 heterocycles. The highest BCUT2D eigenvalue weighted by Gasteiger charge is 2.31. The SMILES string of the molecule is CN(C(=O)CNC(=O)OC(C)(C)C)C(C(=O)NC(C)(C)C)c1ccccc1. The first-order valence-corrected chi connectivity index (χ1v) is 8.89. The smallest absolute Gasteiger partial charge is 0.408 e. The van der Waals surface area contributed by atoms with Crippen molar-refractivity contribution in [2.24, 2.45) is 0 Å². The lowest BCUT2D eigenvalue weighted by Gasteiger charge is -2.31. The molecule has 0 bridgehead atoms. The number of alkyl carbamates (subject to hydrolysis) is 1. The van der Waals surface area contributed by atoms with Crippen molar-refractivity contribution < 1.29 is 19.1 Å². The third-order valence-electron chi connectivity index (χ3n) is 3.43. The number of amides is 3. The highest BCUT2D eigenvalue weighted by atomic mass is 16.6. The number of carbonyl (C=O) groups is 3. The minimum atomic E-state index is -0.807. The van der Waals surface area contributed by atoms with Crippen LogP contribution in [0.15, 0.2) is 30.3 Å². The van der Waals surface area contributed by atoms with Gasteiger partial charge in [0, 0.05) is 12.6 Å². The maximum Gasteiger partial charge on any atom is 0.408 e. The maximum atomic E-state index is 12.8. The van der Waals surface area contributed by atoms with Crippen molar-refractivity contribution in [1.29, 1.82) is 0 Å². The van der Waals surface area contributed by atoms with E-state index in [-0.39, 0.29) is 12.5 Å². The molecule has 1 aromatic carbocycles. The van der Waals surface area contributed by atoms with Gasteiger partial charge in [0.1, 0.15) is 18.2 Å². The summed E-state index contributed by atoms with van der Waals surface area (Å²) in [4.78, 5) is 38.5. The van der Waals surface area contributed by atoms with Crippen LogP contribution in [0.25, 0.3) is 0 Å². The molecule has 1 aromatic rings. The molecule has 1 atom stereocenters. The maximum absolute atomic E-state index is 12.8. The lowest BCUT2D eigenvalue weighted by Crippen LogP contribution is -2.50. The largest absolute Gasteiger partial charge is 0.444 e. The standard InChI is InChI=1S/C20H31N3O4/c1-19(2,3)22-17(25)16(14-11-9-8-10-12-14)23(7)15(24)13-21-18(26)27-20(4,5)6/h8-12,16H,13H2,1-7H3,(H,21,26)(H,22,25). The van der Waals surface area contributed by atoms with E-state index in [0.29, 0.717) is 5.56 Å². The number of nitrogens with one attached hydrogen (secondary N) is 2. The molecule has 150 valence electrons. The molecule has 2 N–H and O–H groups in total. The van der Waals surface area contributed by atoms with Gasteiger partial charge < -0.3 is 20.3 Å². The Bertz CT molecular complexity index is 660. The van der Waals surface area contributed by atoms with Gasteiger partial charge in [-0.3, -0.25) is 9.59 Å². The summed E-state index contributed by atoms with van der Waals surface area (Å²) in [6, 6.07) is 8.23. The van der Waals surface area contributed by atoms with E-state index in [0.717, 1.165) is 0 Å². The Balaban J connectivity index is 2.90. The van der Waals surface area contributed by atoms with E-state index in [2.05, 4.69) is 10.6 Å². The summed E-state index contributed by atoms with van der Waals surface area (Å²) in [5.41, 5.74) is -0.409. The number of ether oxygens (including phenoxy) is 1. The van der Waals surface area contributed by atoms with E-state index in [1.54, 1.807) is 40.0 Å². The fourth-order valence-electron chi connectivity index (χ4n) is 2.35. The minimum absolute atomic E-state index is 0.266. The third-order valence-corrected chi connectivity index (χ3v) is 3.43. The van der Waals surface area contributed by atoms with Gasteiger partial charge in [0.2, 0.25) is 11.8 Å². The molecule has 0 aliphatic carbocycles. The van der Waals surface area contributed by atoms with Crippen LogP contribution in [0, 0.1) is 0 Å². The van der Waals surface area contributed by atoms with Crippen molar-refractivity contribution in [2.45, 2.75) is 58.7 Å². The quantitative estimate of drug-likeness (QED) is 0.826. The first-order valence-electron chi connectivity index (χ1n) is 8.89. The number of hydrogen-bond acceptors (Lipinski definition) is 4. The molecule has 0 aliphatic heterocycles. The summed E-state index contributed by atoms with van der Waals surface area (Å²) in [6.45, 7) is 10.6. The minimum Gasteiger partial charge on any atom is -0.444 e. The van der Waals surface area contributed by atoms with Crippen LogP contribution in [-0.4, -0.2) is 47.5 Å². The topological polar surface area (TPSA) is 87.7 Å². The molecule has 7 heteroatoms. The fourth-order valence-corrected chi connectivity index (χ4v) is 2.35. The van der Waals surface area contributed by atoms with Crippen LogP contribution in [0.1, 0.15) is 53.1 Å². The molecule has 0 saturated carbocycles. The number of likely N-dealkylation sites (N-methyl/N-ethyl adjacent to an activating group) is 1. The zero-order chi connectivity index (χ0) is 20.8. The molecule has 0 aromatic heterocycles. The number of rotatable bonds is 5. The average Bonchev–Trinajstić information content (AvgIpc) is 2.50. The van der Waals surface area contributed by atoms with Crippen LogP contribution in [0.2, 0.25) is 0 Å². The molecular weight excluding hydrogens is 346 g/mol. The Morgan fingerprint density at radius 2 is 1.59 bits per heavy atom. The van der Waals surface area contributed by atoms with Gasteiger partial charge in [0.05, 0.1) is 0 Å². The molecule has 0 saturated heterocycles. The fraction of sp³-hybridized carbons (Fsp3) is 0.550. The predicted molar refractivity (Wildman–Crippen MR) is 104 cm³/mol. The second-order valence-electron chi connectivity index (χ2n) is 8.41. The lowest BCUT2D eigenvalue weighted by atomic mass is 10.0. The molecule has 1 rings (SSSR count). The Hall–Kier alpha value is -2.57. The molecule has 3 amide bonds. The Kier molecular flexibility index (Phi) is 7.39. The van der Waals surface area contributed by atoms with Gasteiger partial charge in [0.25, 0.3) is 0 Å². The van der Waals surface area contributed by atoms with Crippen LogP contribution in [0.4, 0.5) is 4.79 Å². The second kappa shape index (κ2) is 8.88. The lowest BCUT2D eigenvalue weighted by molar-refractivity contribution is -0.139. The molecule has 1 unspecified atom stereocenters. The average molecular weight is 377 g/mol. The second-order valence-corrected chi connectivity index (χ2v) is 8.41. The Labute approximate surface area is 161 Å². The number of carbonyl (C=O) groups excluding carboxylic acids is 3. The van der Waals surface area contributed by atoms with Crippen molar-refractivity contribution in [3.05, 3.63) is 35.9 Å². The van der Waals surface area contributed by atoms with Crippen molar-refractivity contribution in [1.82, 2.24) is 15.5 Å². The summed E-state index contributed by atoms with van der Waals surface area (Å²) in [5, 5.41) is 5.33. The van der Waals surface area contributed by atoms with Crippen molar-refractivity contribution in [2.75, 3.05) is 13.6 Å². The van der Waals surface area contributed by atoms with E-state index >= 15 is 0 Å². The van der Waals surface area contributed by atoms with Crippen LogP contribution >= 0.6 is 0 Å². The van der Waals surface area contributed by atoms with Gasteiger partial charge in [-0.25, -0.2) is 4.79 Å². The Morgan fingerprint density at radius 3 is 2.07 bits per heavy atom. The summed E-state index contributed by atoms with van der Waals surface area (Å²) < 4.78 is 5.13. The molecule has 0 radical (unpaired) electrons. The predicted octanol–water partition coefficient (Wildman–Crippen LogP) is 2.63. The van der Waals surface area contributed by atoms with E-state index < -0.39 is 29.2 Å². The molecule has 0 spiro atoms. The zero-order valence-electron chi connectivity index (χ0n) is 17.3. The van der Waals surface area contributed by atoms with Gasteiger partial charge in [-0.2, -0.15) is 0 Å². The molecule has 27 heavy (non-hydrogen) atoms. The molecule has 0 aliphatic rings. The molecular formula is C20H31N3O4. The summed E-state index contributed by atoms with van der Waals surface area (Å²) in [6.07, 6.45) is -0.681. The van der Waals surface area contributed by atoms with E-state index in [4.69, 9.17) is 4.74 Å². The van der Waals surface area contributed by atoms with Crippen LogP contribution < -0.4 is 10.6 Å². The number of nitrogens with zero attached hydrogens (tertiary/aromatic N) is 1. The van der Waals surface area contributed by atoms with Gasteiger partial charge in [-0.05, 0) is 47.1 Å². The summed E-state index contributed by atoms with van der Waals surface area (Å²) in [7, 11) is 1.54. The zero-order valence-corrected chi connectivity index (χ0v) is 17.3. The van der Waals surface area contributed by atoms with E-state index in [1.807, 2.05) is 39.0 Å². The Morgan fingerprint density at radius 1 is 1.04 bits per heavy atom. The van der Waals surface area contributed by atoms with Crippen molar-refractivity contribution >= 4 is 17.9 Å². The summed E-state index contributed by atoms with van der Waals surface area (Å²) >= 11 is 0. The normalized spacial score (nSPS) is 12.7. The highest BCUT2D eigenvalue weighted by molar-refractivity contribution is 5.90. The van der Waals surface area contributed by atoms with Crippen molar-refractivity contribution in [3.63, 3.8) is 0 Å². The van der Waals surface area contributed by atoms with Gasteiger partial charge in [-0.1, -0.05) is 30.3 Å². The van der Waals surface area contributed by atoms with Gasteiger partial charge >= 0.3 is 6.09 Å². The monoisotopic (exact) mass is 377 g/mol. The van der Waals surface area contributed by atoms with Crippen molar-refractivity contribution in [3.8, 4) is 0 Å². The first kappa shape index (κ1) is 22.5. The third kappa shape index (κ3) is 8.11. The van der Waals surface area contributed by atoms with Crippen LogP contribution in [-0.2, 0) is 14.3 Å². The van der Waals surface area contributed by atoms with Crippen LogP contribution in [0.5, 0.6) is 0 Å². The summed E-state index contributed by atoms with van der Waals surface area (Å²) in [5.74, 6) is -0.694. The number of hydrogen-bond donors (Lipinski definition) is 2. The van der Waals surface area contributed by atoms with Gasteiger partial charge in [-0.15, -0.1) is 0 Å². The molecule has 7 nitrogen and oxygen atoms in total. The van der Waals surface area contributed by atoms with Gasteiger partial charge in [0.15, 0.2) is 0 Å².